The van der Waals surface area contributed by atoms with Crippen LogP contribution < -0.4 is 0 Å². The van der Waals surface area contributed by atoms with E-state index in [9.17, 15) is 9.36 Å². The monoisotopic (exact) mass is 178 g/mol. The molecule has 0 fully saturated rings. The first-order valence-electron chi connectivity index (χ1n) is 3.22. The van der Waals surface area contributed by atoms with Gasteiger partial charge in [0.1, 0.15) is 0 Å². The number of hydrogen-bond acceptors (Lipinski definition) is 3. The maximum Gasteiger partial charge on any atom is 0.327 e. The van der Waals surface area contributed by atoms with Crippen LogP contribution in [0.4, 0.5) is 0 Å². The van der Waals surface area contributed by atoms with Gasteiger partial charge in [-0.2, -0.15) is 0 Å². The van der Waals surface area contributed by atoms with Gasteiger partial charge in [0.25, 0.3) is 0 Å². The summed E-state index contributed by atoms with van der Waals surface area (Å²) in [5.41, 5.74) is 0. The Balaban J connectivity index is 3.53. The van der Waals surface area contributed by atoms with Crippen LogP contribution in [0.1, 0.15) is 6.92 Å². The highest BCUT2D eigenvalue weighted by molar-refractivity contribution is 7.39. The van der Waals surface area contributed by atoms with Crippen molar-refractivity contribution in [3.05, 3.63) is 12.2 Å². The molecule has 0 aliphatic rings. The zero-order valence-corrected chi connectivity index (χ0v) is 7.24. The van der Waals surface area contributed by atoms with Crippen molar-refractivity contribution in [1.29, 1.82) is 0 Å². The van der Waals surface area contributed by atoms with E-state index in [2.05, 4.69) is 0 Å². The maximum absolute atomic E-state index is 10.7. The van der Waals surface area contributed by atoms with Crippen molar-refractivity contribution in [3.63, 3.8) is 0 Å². The second kappa shape index (κ2) is 6.13. The summed E-state index contributed by atoms with van der Waals surface area (Å²) in [7, 11) is -2.04. The summed E-state index contributed by atoms with van der Waals surface area (Å²) in [5.74, 6) is -1.03. The van der Waals surface area contributed by atoms with Crippen LogP contribution in [-0.2, 0) is 13.9 Å². The van der Waals surface area contributed by atoms with Crippen LogP contribution in [0.25, 0.3) is 0 Å². The van der Waals surface area contributed by atoms with Crippen LogP contribution in [0, 0.1) is 0 Å². The summed E-state index contributed by atoms with van der Waals surface area (Å²) in [4.78, 5) is 9.92. The molecular weight excluding hydrogens is 167 g/mol. The molecule has 5 heteroatoms. The van der Waals surface area contributed by atoms with Gasteiger partial charge < -0.3 is 9.63 Å². The van der Waals surface area contributed by atoms with E-state index in [0.717, 1.165) is 6.08 Å². The minimum atomic E-state index is -2.04. The Kier molecular flexibility index (Phi) is 5.80. The molecule has 1 unspecified atom stereocenters. The molecule has 1 atom stereocenters. The number of carbonyl (C=O) groups is 1. The Morgan fingerprint density at radius 3 is 2.82 bits per heavy atom. The van der Waals surface area contributed by atoms with Gasteiger partial charge in [0, 0.05) is 12.2 Å². The molecule has 0 amide bonds. The lowest BCUT2D eigenvalue weighted by Gasteiger charge is -1.94. The predicted molar refractivity (Wildman–Crippen MR) is 42.3 cm³/mol. The number of rotatable bonds is 5. The number of hydrogen-bond donors (Lipinski definition) is 1. The SMILES string of the molecule is CCO[PH](=O)C/C=C/C(=O)O. The maximum atomic E-state index is 10.7. The van der Waals surface area contributed by atoms with Crippen molar-refractivity contribution in [1.82, 2.24) is 0 Å². The largest absolute Gasteiger partial charge is 0.478 e. The standard InChI is InChI=1S/C6H11O4P/c1-2-10-11(9)5-3-4-6(7)8/h3-4,11H,2,5H2,1H3,(H,7,8)/b4-3+. The number of aliphatic carboxylic acids is 1. The molecule has 1 N–H and O–H groups in total. The van der Waals surface area contributed by atoms with E-state index in [0.29, 0.717) is 6.61 Å². The molecule has 0 heterocycles. The fourth-order valence-electron chi connectivity index (χ4n) is 0.476. The molecule has 0 aliphatic carbocycles. The summed E-state index contributed by atoms with van der Waals surface area (Å²) in [6.07, 6.45) is 2.49. The third-order valence-electron chi connectivity index (χ3n) is 0.850. The van der Waals surface area contributed by atoms with Crippen molar-refractivity contribution in [2.75, 3.05) is 12.8 Å². The molecule has 11 heavy (non-hydrogen) atoms. The lowest BCUT2D eigenvalue weighted by molar-refractivity contribution is -0.131. The van der Waals surface area contributed by atoms with E-state index in [-0.39, 0.29) is 6.16 Å². The first kappa shape index (κ1) is 10.4. The molecule has 64 valence electrons. The zero-order chi connectivity index (χ0) is 8.69. The molecule has 0 aromatic rings. The highest BCUT2D eigenvalue weighted by atomic mass is 31.1. The first-order chi connectivity index (χ1) is 5.16. The van der Waals surface area contributed by atoms with Gasteiger partial charge >= 0.3 is 5.97 Å². The highest BCUT2D eigenvalue weighted by Gasteiger charge is 1.93. The minimum absolute atomic E-state index is 0.199. The second-order valence-corrected chi connectivity index (χ2v) is 3.19. The number of allylic oxidation sites excluding steroid dienone is 1. The molecule has 0 rings (SSSR count). The molecule has 0 aromatic heterocycles. The molecule has 0 aliphatic heterocycles. The Bertz CT molecular complexity index is 175. The summed E-state index contributed by atoms with van der Waals surface area (Å²) < 4.78 is 15.5. The topological polar surface area (TPSA) is 63.6 Å². The fraction of sp³-hybridized carbons (Fsp3) is 0.500. The van der Waals surface area contributed by atoms with Gasteiger partial charge in [-0.05, 0) is 6.92 Å². The Labute approximate surface area is 65.7 Å². The average Bonchev–Trinajstić information content (AvgIpc) is 1.87. The second-order valence-electron chi connectivity index (χ2n) is 1.75. The third kappa shape index (κ3) is 7.30. The van der Waals surface area contributed by atoms with Crippen molar-refractivity contribution in [2.45, 2.75) is 6.92 Å². The van der Waals surface area contributed by atoms with E-state index in [4.69, 9.17) is 9.63 Å². The quantitative estimate of drug-likeness (QED) is 0.506. The molecule has 0 radical (unpaired) electrons. The molecule has 4 nitrogen and oxygen atoms in total. The van der Waals surface area contributed by atoms with Gasteiger partial charge in [-0.15, -0.1) is 0 Å². The molecule has 0 bridgehead atoms. The van der Waals surface area contributed by atoms with E-state index in [1.54, 1.807) is 6.92 Å². The van der Waals surface area contributed by atoms with Crippen LogP contribution in [-0.4, -0.2) is 23.8 Å². The zero-order valence-electron chi connectivity index (χ0n) is 6.24. The van der Waals surface area contributed by atoms with E-state index >= 15 is 0 Å². The molecule has 0 spiro atoms. The molecule has 0 saturated heterocycles. The fourth-order valence-corrected chi connectivity index (χ4v) is 1.23. The molecule has 0 aromatic carbocycles. The van der Waals surface area contributed by atoms with Crippen molar-refractivity contribution < 1.29 is 19.0 Å². The van der Waals surface area contributed by atoms with Crippen LogP contribution in [0.2, 0.25) is 0 Å². The van der Waals surface area contributed by atoms with E-state index < -0.39 is 14.0 Å². The van der Waals surface area contributed by atoms with Gasteiger partial charge in [0.15, 0.2) is 8.03 Å². The Morgan fingerprint density at radius 2 is 2.36 bits per heavy atom. The summed E-state index contributed by atoms with van der Waals surface area (Å²) in [6, 6.07) is 0. The van der Waals surface area contributed by atoms with Gasteiger partial charge in [-0.25, -0.2) is 4.79 Å². The Hall–Kier alpha value is -0.600. The summed E-state index contributed by atoms with van der Waals surface area (Å²) in [5, 5.41) is 8.14. The smallest absolute Gasteiger partial charge is 0.327 e. The molecular formula is C6H11O4P. The predicted octanol–water partition coefficient (Wildman–Crippen LogP) is 1.14. The van der Waals surface area contributed by atoms with Crippen LogP contribution in [0.15, 0.2) is 12.2 Å². The normalized spacial score (nSPS) is 13.5. The van der Waals surface area contributed by atoms with Crippen LogP contribution >= 0.6 is 8.03 Å². The first-order valence-corrected chi connectivity index (χ1v) is 4.74. The average molecular weight is 178 g/mol. The Morgan fingerprint density at radius 1 is 1.73 bits per heavy atom. The van der Waals surface area contributed by atoms with Crippen molar-refractivity contribution >= 4 is 14.0 Å². The van der Waals surface area contributed by atoms with Gasteiger partial charge in [0.2, 0.25) is 0 Å². The van der Waals surface area contributed by atoms with Crippen LogP contribution in [0.5, 0.6) is 0 Å². The number of carboxylic acids is 1. The molecule has 0 saturated carbocycles. The van der Waals surface area contributed by atoms with Crippen molar-refractivity contribution in [2.24, 2.45) is 0 Å². The van der Waals surface area contributed by atoms with Gasteiger partial charge in [0.05, 0.1) is 6.61 Å². The highest BCUT2D eigenvalue weighted by Crippen LogP contribution is 2.20. The van der Waals surface area contributed by atoms with Gasteiger partial charge in [-0.1, -0.05) is 6.08 Å². The third-order valence-corrected chi connectivity index (χ3v) is 2.03. The minimum Gasteiger partial charge on any atom is -0.478 e. The van der Waals surface area contributed by atoms with E-state index in [1.807, 2.05) is 0 Å². The van der Waals surface area contributed by atoms with Crippen LogP contribution in [0.3, 0.4) is 0 Å². The summed E-state index contributed by atoms with van der Waals surface area (Å²) >= 11 is 0. The number of carboxylic acid groups (broad SMARTS) is 1. The lowest BCUT2D eigenvalue weighted by atomic mass is 10.5. The van der Waals surface area contributed by atoms with Crippen molar-refractivity contribution in [3.8, 4) is 0 Å². The van der Waals surface area contributed by atoms with E-state index in [1.165, 1.54) is 6.08 Å². The summed E-state index contributed by atoms with van der Waals surface area (Å²) in [6.45, 7) is 2.14. The lowest BCUT2D eigenvalue weighted by Crippen LogP contribution is -1.87. The van der Waals surface area contributed by atoms with Gasteiger partial charge in [-0.3, -0.25) is 4.57 Å².